The summed E-state index contributed by atoms with van der Waals surface area (Å²) in [6, 6.07) is 15.3. The molecule has 1 heterocycles. The SMILES string of the molecule is OCC#Cc1ccc(-c2nc3ccccc3o2)cc1. The van der Waals surface area contributed by atoms with E-state index >= 15 is 0 Å². The lowest BCUT2D eigenvalue weighted by Gasteiger charge is -1.95. The summed E-state index contributed by atoms with van der Waals surface area (Å²) in [4.78, 5) is 4.43. The molecule has 0 saturated heterocycles. The predicted molar refractivity (Wildman–Crippen MR) is 73.4 cm³/mol. The molecular formula is C16H11NO2. The van der Waals surface area contributed by atoms with Crippen molar-refractivity contribution in [3.05, 3.63) is 54.1 Å². The Morgan fingerprint density at radius 1 is 1.05 bits per heavy atom. The smallest absolute Gasteiger partial charge is 0.227 e. The second kappa shape index (κ2) is 4.97. The summed E-state index contributed by atoms with van der Waals surface area (Å²) in [5, 5.41) is 8.64. The average Bonchev–Trinajstić information content (AvgIpc) is 2.89. The number of para-hydroxylation sites is 2. The molecule has 0 atom stereocenters. The van der Waals surface area contributed by atoms with E-state index in [0.717, 1.165) is 22.2 Å². The van der Waals surface area contributed by atoms with Gasteiger partial charge < -0.3 is 9.52 Å². The van der Waals surface area contributed by atoms with E-state index in [2.05, 4.69) is 16.8 Å². The lowest BCUT2D eigenvalue weighted by molar-refractivity contribution is 0.350. The van der Waals surface area contributed by atoms with Gasteiger partial charge >= 0.3 is 0 Å². The number of aromatic nitrogens is 1. The molecule has 92 valence electrons. The lowest BCUT2D eigenvalue weighted by atomic mass is 10.1. The Balaban J connectivity index is 1.97. The van der Waals surface area contributed by atoms with E-state index in [9.17, 15) is 0 Å². The summed E-state index contributed by atoms with van der Waals surface area (Å²) in [6.45, 7) is -0.132. The summed E-state index contributed by atoms with van der Waals surface area (Å²) >= 11 is 0. The van der Waals surface area contributed by atoms with Gasteiger partial charge in [-0.25, -0.2) is 4.98 Å². The largest absolute Gasteiger partial charge is 0.436 e. The maximum Gasteiger partial charge on any atom is 0.227 e. The van der Waals surface area contributed by atoms with E-state index in [4.69, 9.17) is 9.52 Å². The van der Waals surface area contributed by atoms with Crippen molar-refractivity contribution >= 4 is 11.1 Å². The number of aliphatic hydroxyl groups excluding tert-OH is 1. The van der Waals surface area contributed by atoms with E-state index in [1.807, 2.05) is 48.5 Å². The maximum absolute atomic E-state index is 8.64. The minimum absolute atomic E-state index is 0.132. The van der Waals surface area contributed by atoms with Gasteiger partial charge in [-0.15, -0.1) is 0 Å². The van der Waals surface area contributed by atoms with Gasteiger partial charge in [0.25, 0.3) is 0 Å². The quantitative estimate of drug-likeness (QED) is 0.674. The molecule has 2 aromatic carbocycles. The standard InChI is InChI=1S/C16H11NO2/c18-11-3-4-12-7-9-13(10-8-12)16-17-14-5-1-2-6-15(14)19-16/h1-2,5-10,18H,11H2. The van der Waals surface area contributed by atoms with Crippen LogP contribution in [0.5, 0.6) is 0 Å². The monoisotopic (exact) mass is 249 g/mol. The fourth-order valence-corrected chi connectivity index (χ4v) is 1.83. The van der Waals surface area contributed by atoms with Crippen molar-refractivity contribution in [1.29, 1.82) is 0 Å². The highest BCUT2D eigenvalue weighted by atomic mass is 16.3. The maximum atomic E-state index is 8.64. The molecule has 0 spiro atoms. The summed E-state index contributed by atoms with van der Waals surface area (Å²) in [7, 11) is 0. The molecule has 0 bridgehead atoms. The third-order valence-corrected chi connectivity index (χ3v) is 2.74. The molecule has 3 heteroatoms. The molecule has 19 heavy (non-hydrogen) atoms. The van der Waals surface area contributed by atoms with Crippen LogP contribution in [0.25, 0.3) is 22.6 Å². The molecule has 0 radical (unpaired) electrons. The highest BCUT2D eigenvalue weighted by Gasteiger charge is 2.06. The van der Waals surface area contributed by atoms with Crippen LogP contribution >= 0.6 is 0 Å². The zero-order valence-corrected chi connectivity index (χ0v) is 10.1. The summed E-state index contributed by atoms with van der Waals surface area (Å²) in [5.41, 5.74) is 3.39. The molecule has 0 unspecified atom stereocenters. The number of aliphatic hydroxyl groups is 1. The van der Waals surface area contributed by atoms with Crippen molar-refractivity contribution in [3.8, 4) is 23.3 Å². The molecule has 3 rings (SSSR count). The van der Waals surface area contributed by atoms with Crippen molar-refractivity contribution in [1.82, 2.24) is 4.98 Å². The second-order valence-electron chi connectivity index (χ2n) is 4.02. The Bertz CT molecular complexity index is 728. The van der Waals surface area contributed by atoms with E-state index in [0.29, 0.717) is 5.89 Å². The van der Waals surface area contributed by atoms with Gasteiger partial charge in [-0.1, -0.05) is 24.0 Å². The molecule has 0 fully saturated rings. The fourth-order valence-electron chi connectivity index (χ4n) is 1.83. The van der Waals surface area contributed by atoms with Crippen molar-refractivity contribution in [2.75, 3.05) is 6.61 Å². The van der Waals surface area contributed by atoms with Crippen LogP contribution in [-0.4, -0.2) is 16.7 Å². The molecule has 3 aromatic rings. The Labute approximate surface area is 110 Å². The number of nitrogens with zero attached hydrogens (tertiary/aromatic N) is 1. The lowest BCUT2D eigenvalue weighted by Crippen LogP contribution is -1.80. The van der Waals surface area contributed by atoms with Crippen LogP contribution in [0.15, 0.2) is 52.9 Å². The second-order valence-corrected chi connectivity index (χ2v) is 4.02. The molecule has 1 N–H and O–H groups in total. The van der Waals surface area contributed by atoms with Crippen LogP contribution in [0.2, 0.25) is 0 Å². The minimum Gasteiger partial charge on any atom is -0.436 e. The molecular weight excluding hydrogens is 238 g/mol. The van der Waals surface area contributed by atoms with Crippen LogP contribution in [0.4, 0.5) is 0 Å². The molecule has 0 saturated carbocycles. The van der Waals surface area contributed by atoms with Gasteiger partial charge in [-0.05, 0) is 36.4 Å². The fraction of sp³-hybridized carbons (Fsp3) is 0.0625. The molecule has 0 amide bonds. The molecule has 0 aliphatic heterocycles. The number of hydrogen-bond donors (Lipinski definition) is 1. The number of benzene rings is 2. The molecule has 0 aliphatic carbocycles. The highest BCUT2D eigenvalue weighted by Crippen LogP contribution is 2.23. The number of hydrogen-bond acceptors (Lipinski definition) is 3. The van der Waals surface area contributed by atoms with Crippen molar-refractivity contribution < 1.29 is 9.52 Å². The van der Waals surface area contributed by atoms with Crippen molar-refractivity contribution in [2.24, 2.45) is 0 Å². The Morgan fingerprint density at radius 2 is 1.84 bits per heavy atom. The third-order valence-electron chi connectivity index (χ3n) is 2.74. The van der Waals surface area contributed by atoms with E-state index in [1.165, 1.54) is 0 Å². The van der Waals surface area contributed by atoms with Gasteiger partial charge in [-0.2, -0.15) is 0 Å². The normalized spacial score (nSPS) is 10.2. The van der Waals surface area contributed by atoms with Gasteiger partial charge in [0.05, 0.1) is 0 Å². The van der Waals surface area contributed by atoms with E-state index in [-0.39, 0.29) is 6.61 Å². The molecule has 3 nitrogen and oxygen atoms in total. The molecule has 1 aromatic heterocycles. The van der Waals surface area contributed by atoms with Crippen molar-refractivity contribution in [3.63, 3.8) is 0 Å². The first-order valence-corrected chi connectivity index (χ1v) is 5.92. The van der Waals surface area contributed by atoms with Crippen LogP contribution in [0.1, 0.15) is 5.56 Å². The average molecular weight is 249 g/mol. The number of fused-ring (bicyclic) bond motifs is 1. The zero-order valence-electron chi connectivity index (χ0n) is 10.1. The van der Waals surface area contributed by atoms with E-state index in [1.54, 1.807) is 0 Å². The van der Waals surface area contributed by atoms with Gasteiger partial charge in [0.15, 0.2) is 5.58 Å². The first-order valence-electron chi connectivity index (χ1n) is 5.92. The van der Waals surface area contributed by atoms with Gasteiger partial charge in [0.2, 0.25) is 5.89 Å². The Morgan fingerprint density at radius 3 is 2.58 bits per heavy atom. The Hall–Kier alpha value is -2.57. The minimum atomic E-state index is -0.132. The first kappa shape index (κ1) is 11.5. The van der Waals surface area contributed by atoms with Gasteiger partial charge in [0.1, 0.15) is 12.1 Å². The van der Waals surface area contributed by atoms with Crippen LogP contribution < -0.4 is 0 Å². The van der Waals surface area contributed by atoms with Crippen molar-refractivity contribution in [2.45, 2.75) is 0 Å². The van der Waals surface area contributed by atoms with Crippen LogP contribution in [0, 0.1) is 11.8 Å². The van der Waals surface area contributed by atoms with Gasteiger partial charge in [-0.3, -0.25) is 0 Å². The first-order chi connectivity index (χ1) is 9.36. The zero-order chi connectivity index (χ0) is 13.1. The van der Waals surface area contributed by atoms with Crippen LogP contribution in [-0.2, 0) is 0 Å². The summed E-state index contributed by atoms with van der Waals surface area (Å²) in [6.07, 6.45) is 0. The third kappa shape index (κ3) is 2.35. The predicted octanol–water partition coefficient (Wildman–Crippen LogP) is 2.84. The van der Waals surface area contributed by atoms with Crippen LogP contribution in [0.3, 0.4) is 0 Å². The summed E-state index contributed by atoms with van der Waals surface area (Å²) < 4.78 is 5.69. The summed E-state index contributed by atoms with van der Waals surface area (Å²) in [5.74, 6) is 6.06. The molecule has 0 aliphatic rings. The Kier molecular flexibility index (Phi) is 3.01. The highest BCUT2D eigenvalue weighted by molar-refractivity contribution is 5.76. The van der Waals surface area contributed by atoms with E-state index < -0.39 is 0 Å². The number of rotatable bonds is 1. The number of oxazole rings is 1. The topological polar surface area (TPSA) is 46.3 Å². The van der Waals surface area contributed by atoms with Gasteiger partial charge in [0, 0.05) is 11.1 Å².